The Kier molecular flexibility index (Phi) is 6.65. The Morgan fingerprint density at radius 1 is 1.37 bits per heavy atom. The Morgan fingerprint density at radius 3 is 2.89 bits per heavy atom. The van der Waals surface area contributed by atoms with Gasteiger partial charge in [0.15, 0.2) is 6.29 Å². The van der Waals surface area contributed by atoms with Crippen LogP contribution in [0.25, 0.3) is 0 Å². The number of alkyl halides is 2. The molecule has 0 saturated heterocycles. The SMILES string of the molecule is CN1CC=C(C2CCCCC2COc2cncc(Cl)c2C=O)N1CC(F)F. The number of ether oxygens (including phenoxy) is 1. The van der Waals surface area contributed by atoms with Crippen LogP contribution in [0.15, 0.2) is 24.2 Å². The van der Waals surface area contributed by atoms with Crippen molar-refractivity contribution in [2.75, 3.05) is 26.7 Å². The van der Waals surface area contributed by atoms with E-state index in [1.807, 2.05) is 18.1 Å². The van der Waals surface area contributed by atoms with Crippen LogP contribution < -0.4 is 4.74 Å². The summed E-state index contributed by atoms with van der Waals surface area (Å²) in [5.74, 6) is 0.716. The Bertz CT molecular complexity index is 702. The molecular formula is C19H24ClF2N3O2. The van der Waals surface area contributed by atoms with E-state index in [4.69, 9.17) is 16.3 Å². The van der Waals surface area contributed by atoms with E-state index in [0.717, 1.165) is 31.4 Å². The molecule has 1 aliphatic heterocycles. The number of allylic oxidation sites excluding steroid dienone is 1. The molecule has 0 amide bonds. The molecule has 1 saturated carbocycles. The molecule has 1 fully saturated rings. The number of hydrazine groups is 1. The van der Waals surface area contributed by atoms with Crippen LogP contribution in [0.1, 0.15) is 36.0 Å². The summed E-state index contributed by atoms with van der Waals surface area (Å²) >= 11 is 6.00. The fraction of sp³-hybridized carbons (Fsp3) is 0.579. The van der Waals surface area contributed by atoms with Gasteiger partial charge < -0.3 is 9.75 Å². The number of aldehydes is 1. The second kappa shape index (κ2) is 8.97. The third-order valence-electron chi connectivity index (χ3n) is 5.35. The van der Waals surface area contributed by atoms with E-state index in [-0.39, 0.29) is 29.0 Å². The molecule has 2 atom stereocenters. The number of carbonyl (C=O) groups is 1. The zero-order chi connectivity index (χ0) is 19.4. The van der Waals surface area contributed by atoms with E-state index < -0.39 is 6.43 Å². The normalized spacial score (nSPS) is 23.6. The zero-order valence-corrected chi connectivity index (χ0v) is 16.0. The second-order valence-corrected chi connectivity index (χ2v) is 7.46. The lowest BCUT2D eigenvalue weighted by Crippen LogP contribution is -2.41. The molecular weight excluding hydrogens is 376 g/mol. The van der Waals surface area contributed by atoms with Gasteiger partial charge in [0.2, 0.25) is 0 Å². The number of rotatable bonds is 7. The largest absolute Gasteiger partial charge is 0.491 e. The highest BCUT2D eigenvalue weighted by Gasteiger charge is 2.35. The van der Waals surface area contributed by atoms with E-state index in [2.05, 4.69) is 4.98 Å². The molecule has 1 aliphatic carbocycles. The lowest BCUT2D eigenvalue weighted by atomic mass is 9.77. The highest BCUT2D eigenvalue weighted by Crippen LogP contribution is 2.39. The first-order valence-corrected chi connectivity index (χ1v) is 9.57. The van der Waals surface area contributed by atoms with Crippen molar-refractivity contribution < 1.29 is 18.3 Å². The van der Waals surface area contributed by atoms with Crippen molar-refractivity contribution in [1.82, 2.24) is 15.0 Å². The summed E-state index contributed by atoms with van der Waals surface area (Å²) in [6.45, 7) is 0.747. The van der Waals surface area contributed by atoms with Crippen LogP contribution in [0, 0.1) is 11.8 Å². The van der Waals surface area contributed by atoms with Crippen molar-refractivity contribution in [3.63, 3.8) is 0 Å². The fourth-order valence-electron chi connectivity index (χ4n) is 3.99. The van der Waals surface area contributed by atoms with E-state index in [1.54, 1.807) is 5.01 Å². The van der Waals surface area contributed by atoms with Gasteiger partial charge in [0.1, 0.15) is 5.75 Å². The van der Waals surface area contributed by atoms with E-state index in [0.29, 0.717) is 25.2 Å². The van der Waals surface area contributed by atoms with E-state index >= 15 is 0 Å². The van der Waals surface area contributed by atoms with Crippen LogP contribution in [-0.4, -0.2) is 54.5 Å². The second-order valence-electron chi connectivity index (χ2n) is 7.06. The molecule has 0 N–H and O–H groups in total. The molecule has 0 bridgehead atoms. The molecule has 5 nitrogen and oxygen atoms in total. The van der Waals surface area contributed by atoms with Crippen molar-refractivity contribution in [1.29, 1.82) is 0 Å². The summed E-state index contributed by atoms with van der Waals surface area (Å²) in [5.41, 5.74) is 1.25. The maximum absolute atomic E-state index is 13.0. The van der Waals surface area contributed by atoms with Crippen LogP contribution in [-0.2, 0) is 0 Å². The molecule has 8 heteroatoms. The van der Waals surface area contributed by atoms with E-state index in [9.17, 15) is 13.6 Å². The first-order valence-electron chi connectivity index (χ1n) is 9.19. The summed E-state index contributed by atoms with van der Waals surface area (Å²) in [6, 6.07) is 0. The quantitative estimate of drug-likeness (QED) is 0.647. The van der Waals surface area contributed by atoms with Crippen LogP contribution in [0.3, 0.4) is 0 Å². The Labute approximate surface area is 162 Å². The predicted octanol–water partition coefficient (Wildman–Crippen LogP) is 4.04. The first kappa shape index (κ1) is 20.0. The molecule has 27 heavy (non-hydrogen) atoms. The summed E-state index contributed by atoms with van der Waals surface area (Å²) in [6.07, 6.45) is 7.27. The maximum Gasteiger partial charge on any atom is 0.257 e. The van der Waals surface area contributed by atoms with Crippen molar-refractivity contribution >= 4 is 17.9 Å². The minimum absolute atomic E-state index is 0.161. The van der Waals surface area contributed by atoms with Crippen molar-refractivity contribution in [2.24, 2.45) is 11.8 Å². The molecule has 1 aromatic rings. The minimum atomic E-state index is -2.39. The standard InChI is InChI=1S/C19H24ClF2N3O2/c1-24-7-6-17(25(24)10-19(21)22)14-5-3-2-4-13(14)12-27-18-9-23-8-16(20)15(18)11-26/h6,8-9,11,13-14,19H,2-5,7,10,12H2,1H3. The molecule has 2 unspecified atom stereocenters. The molecule has 1 aromatic heterocycles. The van der Waals surface area contributed by atoms with Gasteiger partial charge in [-0.15, -0.1) is 0 Å². The Hall–Kier alpha value is -1.73. The summed E-state index contributed by atoms with van der Waals surface area (Å²) in [5, 5.41) is 3.79. The van der Waals surface area contributed by atoms with Gasteiger partial charge in [-0.1, -0.05) is 24.4 Å². The molecule has 2 aliphatic rings. The average Bonchev–Trinajstić information content (AvgIpc) is 3.00. The molecule has 148 valence electrons. The van der Waals surface area contributed by atoms with Gasteiger partial charge in [-0.25, -0.2) is 13.8 Å². The van der Waals surface area contributed by atoms with Crippen LogP contribution in [0.4, 0.5) is 8.78 Å². The molecule has 2 heterocycles. The van der Waals surface area contributed by atoms with Gasteiger partial charge in [0.25, 0.3) is 6.43 Å². The third kappa shape index (κ3) is 4.58. The third-order valence-corrected chi connectivity index (χ3v) is 5.65. The number of hydrogen-bond donors (Lipinski definition) is 0. The number of halogens is 3. The van der Waals surface area contributed by atoms with Gasteiger partial charge in [-0.05, 0) is 18.9 Å². The lowest BCUT2D eigenvalue weighted by molar-refractivity contribution is -0.00969. The van der Waals surface area contributed by atoms with Crippen molar-refractivity contribution in [3.05, 3.63) is 34.8 Å². The Balaban J connectivity index is 1.73. The predicted molar refractivity (Wildman–Crippen MR) is 99.0 cm³/mol. The monoisotopic (exact) mass is 399 g/mol. The lowest BCUT2D eigenvalue weighted by Gasteiger charge is -2.38. The van der Waals surface area contributed by atoms with Gasteiger partial charge in [-0.3, -0.25) is 9.78 Å². The van der Waals surface area contributed by atoms with Gasteiger partial charge in [0.05, 0.1) is 29.9 Å². The fourth-order valence-corrected chi connectivity index (χ4v) is 4.19. The summed E-state index contributed by atoms with van der Waals surface area (Å²) < 4.78 is 31.9. The number of carbonyl (C=O) groups excluding carboxylic acids is 1. The van der Waals surface area contributed by atoms with Gasteiger partial charge >= 0.3 is 0 Å². The zero-order valence-electron chi connectivity index (χ0n) is 15.3. The topological polar surface area (TPSA) is 45.7 Å². The summed E-state index contributed by atoms with van der Waals surface area (Å²) in [7, 11) is 1.83. The number of aromatic nitrogens is 1. The highest BCUT2D eigenvalue weighted by molar-refractivity contribution is 6.33. The van der Waals surface area contributed by atoms with Crippen molar-refractivity contribution in [3.8, 4) is 5.75 Å². The van der Waals surface area contributed by atoms with Gasteiger partial charge in [0, 0.05) is 37.3 Å². The van der Waals surface area contributed by atoms with Crippen molar-refractivity contribution in [2.45, 2.75) is 32.1 Å². The summed E-state index contributed by atoms with van der Waals surface area (Å²) in [4.78, 5) is 15.3. The maximum atomic E-state index is 13.0. The first-order chi connectivity index (χ1) is 13.0. The average molecular weight is 400 g/mol. The molecule has 3 rings (SSSR count). The molecule has 0 aromatic carbocycles. The number of likely N-dealkylation sites (N-methyl/N-ethyl adjacent to an activating group) is 1. The van der Waals surface area contributed by atoms with Crippen LogP contribution in [0.2, 0.25) is 5.02 Å². The number of pyridine rings is 1. The smallest absolute Gasteiger partial charge is 0.257 e. The van der Waals surface area contributed by atoms with Crippen LogP contribution in [0.5, 0.6) is 5.75 Å². The van der Waals surface area contributed by atoms with E-state index in [1.165, 1.54) is 12.4 Å². The number of hydrogen-bond acceptors (Lipinski definition) is 5. The minimum Gasteiger partial charge on any atom is -0.491 e. The molecule has 0 radical (unpaired) electrons. The Morgan fingerprint density at radius 2 is 2.15 bits per heavy atom. The molecule has 0 spiro atoms. The number of nitrogens with zero attached hydrogens (tertiary/aromatic N) is 3. The van der Waals surface area contributed by atoms with Crippen LogP contribution >= 0.6 is 11.6 Å². The van der Waals surface area contributed by atoms with Gasteiger partial charge in [-0.2, -0.15) is 0 Å². The highest BCUT2D eigenvalue weighted by atomic mass is 35.5.